The van der Waals surface area contributed by atoms with E-state index >= 15 is 0 Å². The Morgan fingerprint density at radius 1 is 1.12 bits per heavy atom. The summed E-state index contributed by atoms with van der Waals surface area (Å²) in [5.74, 6) is -0.209. The summed E-state index contributed by atoms with van der Waals surface area (Å²) in [7, 11) is -3.76. The molecule has 132 valence electrons. The lowest BCUT2D eigenvalue weighted by Crippen LogP contribution is -2.32. The second-order valence-corrected chi connectivity index (χ2v) is 7.63. The summed E-state index contributed by atoms with van der Waals surface area (Å²) in [6.07, 6.45) is 1.56. The van der Waals surface area contributed by atoms with E-state index in [0.717, 1.165) is 11.1 Å². The monoisotopic (exact) mass is 358 g/mol. The highest BCUT2D eigenvalue weighted by Gasteiger charge is 2.26. The minimum atomic E-state index is -3.76. The highest BCUT2D eigenvalue weighted by atomic mass is 32.2. The van der Waals surface area contributed by atoms with E-state index in [0.29, 0.717) is 11.4 Å². The number of hydrogen-bond donors (Lipinski definition) is 1. The lowest BCUT2D eigenvalue weighted by molar-refractivity contribution is -0.114. The average molecular weight is 358 g/mol. The molecule has 0 bridgehead atoms. The SMILES string of the molecule is C=CCN(c1c(C)cccc1C)S(=O)(=O)c1ccc(NC(C)=O)cc1. The van der Waals surface area contributed by atoms with Crippen molar-refractivity contribution < 1.29 is 13.2 Å². The number of carbonyl (C=O) groups is 1. The van der Waals surface area contributed by atoms with Crippen LogP contribution in [0.15, 0.2) is 60.0 Å². The summed E-state index contributed by atoms with van der Waals surface area (Å²) in [5.41, 5.74) is 2.96. The van der Waals surface area contributed by atoms with Crippen molar-refractivity contribution in [3.05, 3.63) is 66.2 Å². The number of anilines is 2. The summed E-state index contributed by atoms with van der Waals surface area (Å²) in [4.78, 5) is 11.3. The molecule has 5 nitrogen and oxygen atoms in total. The molecular formula is C19H22N2O3S. The Kier molecular flexibility index (Phi) is 5.64. The molecule has 0 aliphatic rings. The van der Waals surface area contributed by atoms with Crippen LogP contribution in [0.3, 0.4) is 0 Å². The van der Waals surface area contributed by atoms with Crippen LogP contribution >= 0.6 is 0 Å². The van der Waals surface area contributed by atoms with Crippen LogP contribution in [0.5, 0.6) is 0 Å². The predicted molar refractivity (Wildman–Crippen MR) is 101 cm³/mol. The first-order chi connectivity index (χ1) is 11.8. The fourth-order valence-electron chi connectivity index (χ4n) is 2.67. The van der Waals surface area contributed by atoms with Gasteiger partial charge in [0, 0.05) is 12.6 Å². The quantitative estimate of drug-likeness (QED) is 0.802. The molecule has 2 aromatic rings. The molecular weight excluding hydrogens is 336 g/mol. The number of benzene rings is 2. The van der Waals surface area contributed by atoms with Crippen LogP contribution in [-0.2, 0) is 14.8 Å². The van der Waals surface area contributed by atoms with Crippen LogP contribution in [0.1, 0.15) is 18.1 Å². The zero-order valence-corrected chi connectivity index (χ0v) is 15.4. The molecule has 25 heavy (non-hydrogen) atoms. The molecule has 1 amide bonds. The van der Waals surface area contributed by atoms with E-state index in [1.807, 2.05) is 32.0 Å². The van der Waals surface area contributed by atoms with Crippen molar-refractivity contribution in [3.63, 3.8) is 0 Å². The first-order valence-corrected chi connectivity index (χ1v) is 9.29. The fraction of sp³-hybridized carbons (Fsp3) is 0.211. The molecule has 0 heterocycles. The Labute approximate surface area is 149 Å². The third-order valence-corrected chi connectivity index (χ3v) is 5.53. The van der Waals surface area contributed by atoms with E-state index in [2.05, 4.69) is 11.9 Å². The Hall–Kier alpha value is -2.60. The standard InChI is InChI=1S/C19H22N2O3S/c1-5-13-21(19-14(2)7-6-8-15(19)3)25(23,24)18-11-9-17(10-12-18)20-16(4)22/h5-12H,1,13H2,2-4H3,(H,20,22). The first-order valence-electron chi connectivity index (χ1n) is 7.85. The molecule has 0 aliphatic heterocycles. The molecule has 6 heteroatoms. The number of aryl methyl sites for hydroxylation is 2. The van der Waals surface area contributed by atoms with E-state index in [1.54, 1.807) is 18.2 Å². The van der Waals surface area contributed by atoms with E-state index in [9.17, 15) is 13.2 Å². The maximum Gasteiger partial charge on any atom is 0.264 e. The summed E-state index contributed by atoms with van der Waals surface area (Å²) in [6.45, 7) is 9.02. The summed E-state index contributed by atoms with van der Waals surface area (Å²) in [6, 6.07) is 11.8. The molecule has 0 fully saturated rings. The predicted octanol–water partition coefficient (Wildman–Crippen LogP) is 3.64. The number of nitrogens with one attached hydrogen (secondary N) is 1. The van der Waals surface area contributed by atoms with Crippen molar-refractivity contribution in [2.45, 2.75) is 25.7 Å². The van der Waals surface area contributed by atoms with Gasteiger partial charge in [0.05, 0.1) is 17.1 Å². The van der Waals surface area contributed by atoms with Gasteiger partial charge in [0.1, 0.15) is 0 Å². The van der Waals surface area contributed by atoms with Crippen LogP contribution in [0, 0.1) is 13.8 Å². The average Bonchev–Trinajstić information content (AvgIpc) is 2.53. The number of amides is 1. The zero-order chi connectivity index (χ0) is 18.6. The highest BCUT2D eigenvalue weighted by Crippen LogP contribution is 2.30. The van der Waals surface area contributed by atoms with Crippen molar-refractivity contribution in [2.75, 3.05) is 16.2 Å². The van der Waals surface area contributed by atoms with Gasteiger partial charge in [0.25, 0.3) is 10.0 Å². The van der Waals surface area contributed by atoms with Crippen LogP contribution in [0.2, 0.25) is 0 Å². The smallest absolute Gasteiger partial charge is 0.264 e. The third-order valence-electron chi connectivity index (χ3n) is 3.75. The maximum atomic E-state index is 13.2. The van der Waals surface area contributed by atoms with Crippen LogP contribution < -0.4 is 9.62 Å². The Morgan fingerprint density at radius 2 is 1.68 bits per heavy atom. The van der Waals surface area contributed by atoms with Gasteiger partial charge in [-0.15, -0.1) is 6.58 Å². The molecule has 0 saturated heterocycles. The number of nitrogens with zero attached hydrogens (tertiary/aromatic N) is 1. The lowest BCUT2D eigenvalue weighted by atomic mass is 10.1. The Morgan fingerprint density at radius 3 is 2.16 bits per heavy atom. The second kappa shape index (κ2) is 7.53. The topological polar surface area (TPSA) is 66.5 Å². The number of sulfonamides is 1. The van der Waals surface area contributed by atoms with E-state index in [1.165, 1.54) is 23.4 Å². The van der Waals surface area contributed by atoms with Gasteiger partial charge in [0.15, 0.2) is 0 Å². The van der Waals surface area contributed by atoms with E-state index in [-0.39, 0.29) is 17.3 Å². The molecule has 1 N–H and O–H groups in total. The fourth-order valence-corrected chi connectivity index (χ4v) is 4.23. The number of rotatable bonds is 6. The molecule has 0 saturated carbocycles. The zero-order valence-electron chi connectivity index (χ0n) is 14.6. The Bertz CT molecular complexity index is 867. The normalized spacial score (nSPS) is 11.0. The molecule has 2 aromatic carbocycles. The second-order valence-electron chi connectivity index (χ2n) is 5.77. The van der Waals surface area contributed by atoms with E-state index in [4.69, 9.17) is 0 Å². The first kappa shape index (κ1) is 18.7. The van der Waals surface area contributed by atoms with Gasteiger partial charge < -0.3 is 5.32 Å². The van der Waals surface area contributed by atoms with Crippen molar-refractivity contribution >= 4 is 27.3 Å². The van der Waals surface area contributed by atoms with Crippen molar-refractivity contribution in [1.82, 2.24) is 0 Å². The molecule has 2 rings (SSSR count). The molecule has 0 atom stereocenters. The van der Waals surface area contributed by atoms with Gasteiger partial charge in [0.2, 0.25) is 5.91 Å². The van der Waals surface area contributed by atoms with Crippen molar-refractivity contribution in [2.24, 2.45) is 0 Å². The summed E-state index contributed by atoms with van der Waals surface area (Å²) in [5, 5.41) is 2.62. The number of para-hydroxylation sites is 1. The minimum Gasteiger partial charge on any atom is -0.326 e. The minimum absolute atomic E-state index is 0.158. The molecule has 0 spiro atoms. The molecule has 0 unspecified atom stereocenters. The Balaban J connectivity index is 2.50. The van der Waals surface area contributed by atoms with Gasteiger partial charge in [-0.25, -0.2) is 8.42 Å². The summed E-state index contributed by atoms with van der Waals surface area (Å²) < 4.78 is 27.7. The maximum absolute atomic E-state index is 13.2. The number of hydrogen-bond acceptors (Lipinski definition) is 3. The third kappa shape index (κ3) is 4.09. The van der Waals surface area contributed by atoms with Crippen LogP contribution in [0.4, 0.5) is 11.4 Å². The summed E-state index contributed by atoms with van der Waals surface area (Å²) >= 11 is 0. The largest absolute Gasteiger partial charge is 0.326 e. The van der Waals surface area contributed by atoms with Gasteiger partial charge in [-0.2, -0.15) is 0 Å². The molecule has 0 aromatic heterocycles. The highest BCUT2D eigenvalue weighted by molar-refractivity contribution is 7.92. The van der Waals surface area contributed by atoms with Gasteiger partial charge in [-0.05, 0) is 49.2 Å². The van der Waals surface area contributed by atoms with Gasteiger partial charge >= 0.3 is 0 Å². The van der Waals surface area contributed by atoms with Crippen LogP contribution in [0.25, 0.3) is 0 Å². The molecule has 0 radical (unpaired) electrons. The molecule has 0 aliphatic carbocycles. The van der Waals surface area contributed by atoms with E-state index < -0.39 is 10.0 Å². The van der Waals surface area contributed by atoms with Gasteiger partial charge in [-0.1, -0.05) is 24.3 Å². The van der Waals surface area contributed by atoms with Crippen molar-refractivity contribution in [3.8, 4) is 0 Å². The number of carbonyl (C=O) groups excluding carboxylic acids is 1. The van der Waals surface area contributed by atoms with Gasteiger partial charge in [-0.3, -0.25) is 9.10 Å². The van der Waals surface area contributed by atoms with Crippen LogP contribution in [-0.4, -0.2) is 20.9 Å². The lowest BCUT2D eigenvalue weighted by Gasteiger charge is -2.26. The van der Waals surface area contributed by atoms with Crippen molar-refractivity contribution in [1.29, 1.82) is 0 Å².